The normalized spacial score (nSPS) is 28.4. The lowest BCUT2D eigenvalue weighted by atomic mass is 10.00. The minimum atomic E-state index is 0.260. The maximum Gasteiger partial charge on any atom is 0.222 e. The molecule has 2 aliphatic heterocycles. The van der Waals surface area contributed by atoms with Crippen molar-refractivity contribution in [3.63, 3.8) is 0 Å². The van der Waals surface area contributed by atoms with Gasteiger partial charge < -0.3 is 15.0 Å². The lowest BCUT2D eigenvalue weighted by molar-refractivity contribution is -0.135. The maximum absolute atomic E-state index is 12.2. The SMILES string of the molecule is CCOC1CCCN(C(=O)CCC2CCCCN2)C1. The van der Waals surface area contributed by atoms with Gasteiger partial charge in [0.2, 0.25) is 5.91 Å². The predicted molar refractivity (Wildman–Crippen MR) is 76.1 cm³/mol. The Morgan fingerprint density at radius 1 is 1.32 bits per heavy atom. The van der Waals surface area contributed by atoms with Crippen molar-refractivity contribution < 1.29 is 9.53 Å². The number of carbonyl (C=O) groups is 1. The quantitative estimate of drug-likeness (QED) is 0.828. The van der Waals surface area contributed by atoms with E-state index in [0.717, 1.165) is 45.5 Å². The molecular formula is C15H28N2O2. The minimum absolute atomic E-state index is 0.260. The van der Waals surface area contributed by atoms with Gasteiger partial charge in [0.05, 0.1) is 6.10 Å². The van der Waals surface area contributed by atoms with Gasteiger partial charge in [-0.3, -0.25) is 4.79 Å². The number of amides is 1. The van der Waals surface area contributed by atoms with Gasteiger partial charge in [0.15, 0.2) is 0 Å². The van der Waals surface area contributed by atoms with Crippen LogP contribution in [0.5, 0.6) is 0 Å². The number of ether oxygens (including phenoxy) is 1. The molecule has 1 amide bonds. The highest BCUT2D eigenvalue weighted by atomic mass is 16.5. The average Bonchev–Trinajstić information content (AvgIpc) is 2.46. The van der Waals surface area contributed by atoms with Crippen LogP contribution < -0.4 is 5.32 Å². The Morgan fingerprint density at radius 2 is 2.21 bits per heavy atom. The molecule has 2 saturated heterocycles. The van der Waals surface area contributed by atoms with Crippen molar-refractivity contribution in [3.05, 3.63) is 0 Å². The molecule has 2 unspecified atom stereocenters. The highest BCUT2D eigenvalue weighted by Crippen LogP contribution is 2.17. The number of nitrogens with zero attached hydrogens (tertiary/aromatic N) is 1. The van der Waals surface area contributed by atoms with E-state index in [1.165, 1.54) is 19.3 Å². The predicted octanol–water partition coefficient (Wildman–Crippen LogP) is 1.94. The number of likely N-dealkylation sites (tertiary alicyclic amines) is 1. The molecule has 0 bridgehead atoms. The Balaban J connectivity index is 1.69. The van der Waals surface area contributed by atoms with Crippen LogP contribution in [0.25, 0.3) is 0 Å². The molecule has 2 fully saturated rings. The highest BCUT2D eigenvalue weighted by molar-refractivity contribution is 5.76. The molecule has 2 heterocycles. The molecule has 2 rings (SSSR count). The molecule has 2 aliphatic rings. The van der Waals surface area contributed by atoms with E-state index < -0.39 is 0 Å². The first kappa shape index (κ1) is 14.8. The smallest absolute Gasteiger partial charge is 0.222 e. The number of nitrogens with one attached hydrogen (secondary N) is 1. The van der Waals surface area contributed by atoms with Crippen LogP contribution >= 0.6 is 0 Å². The zero-order valence-corrected chi connectivity index (χ0v) is 12.2. The molecule has 4 nitrogen and oxygen atoms in total. The third-order valence-corrected chi connectivity index (χ3v) is 4.25. The fraction of sp³-hybridized carbons (Fsp3) is 0.933. The van der Waals surface area contributed by atoms with Gasteiger partial charge in [0, 0.05) is 32.2 Å². The molecule has 1 N–H and O–H groups in total. The van der Waals surface area contributed by atoms with Crippen LogP contribution in [0.2, 0.25) is 0 Å². The summed E-state index contributed by atoms with van der Waals surface area (Å²) < 4.78 is 5.65. The highest BCUT2D eigenvalue weighted by Gasteiger charge is 2.24. The third-order valence-electron chi connectivity index (χ3n) is 4.25. The van der Waals surface area contributed by atoms with Gasteiger partial charge in [-0.2, -0.15) is 0 Å². The molecule has 0 saturated carbocycles. The summed E-state index contributed by atoms with van der Waals surface area (Å²) in [5.74, 6) is 0.316. The van der Waals surface area contributed by atoms with Crippen LogP contribution in [-0.4, -0.2) is 49.2 Å². The first-order valence-corrected chi connectivity index (χ1v) is 7.92. The van der Waals surface area contributed by atoms with Crippen LogP contribution in [-0.2, 0) is 9.53 Å². The number of rotatable bonds is 5. The Labute approximate surface area is 116 Å². The fourth-order valence-electron chi connectivity index (χ4n) is 3.16. The zero-order chi connectivity index (χ0) is 13.5. The molecule has 0 spiro atoms. The molecule has 110 valence electrons. The summed E-state index contributed by atoms with van der Waals surface area (Å²) in [7, 11) is 0. The van der Waals surface area contributed by atoms with Crippen molar-refractivity contribution >= 4 is 5.91 Å². The lowest BCUT2D eigenvalue weighted by Crippen LogP contribution is -2.44. The molecule has 0 radical (unpaired) electrons. The van der Waals surface area contributed by atoms with Crippen molar-refractivity contribution in [2.24, 2.45) is 0 Å². The molecule has 0 aromatic carbocycles. The largest absolute Gasteiger partial charge is 0.377 e. The number of carbonyl (C=O) groups excluding carboxylic acids is 1. The summed E-state index contributed by atoms with van der Waals surface area (Å²) in [5.41, 5.74) is 0. The average molecular weight is 268 g/mol. The number of hydrogen-bond donors (Lipinski definition) is 1. The van der Waals surface area contributed by atoms with Crippen LogP contribution in [0.15, 0.2) is 0 Å². The van der Waals surface area contributed by atoms with Crippen molar-refractivity contribution in [3.8, 4) is 0 Å². The van der Waals surface area contributed by atoms with Gasteiger partial charge in [-0.05, 0) is 45.6 Å². The Hall–Kier alpha value is -0.610. The summed E-state index contributed by atoms with van der Waals surface area (Å²) in [6.45, 7) is 5.61. The molecule has 19 heavy (non-hydrogen) atoms. The number of piperidine rings is 2. The van der Waals surface area contributed by atoms with Crippen molar-refractivity contribution in [1.82, 2.24) is 10.2 Å². The van der Waals surface area contributed by atoms with E-state index in [-0.39, 0.29) is 6.10 Å². The van der Waals surface area contributed by atoms with E-state index in [1.807, 2.05) is 11.8 Å². The second kappa shape index (κ2) is 7.85. The molecule has 2 atom stereocenters. The topological polar surface area (TPSA) is 41.6 Å². The molecule has 0 aromatic heterocycles. The summed E-state index contributed by atoms with van der Waals surface area (Å²) in [6, 6.07) is 0.560. The maximum atomic E-state index is 12.2. The Kier molecular flexibility index (Phi) is 6.11. The molecule has 4 heteroatoms. The third kappa shape index (κ3) is 4.77. The van der Waals surface area contributed by atoms with E-state index in [1.54, 1.807) is 0 Å². The standard InChI is InChI=1S/C15H28N2O2/c1-2-19-14-7-5-11-17(12-14)15(18)9-8-13-6-3-4-10-16-13/h13-14,16H,2-12H2,1H3. The van der Waals surface area contributed by atoms with E-state index in [0.29, 0.717) is 18.4 Å². The van der Waals surface area contributed by atoms with Crippen molar-refractivity contribution in [1.29, 1.82) is 0 Å². The van der Waals surface area contributed by atoms with Gasteiger partial charge in [0.1, 0.15) is 0 Å². The summed E-state index contributed by atoms with van der Waals surface area (Å²) in [4.78, 5) is 14.2. The molecule has 0 aliphatic carbocycles. The van der Waals surface area contributed by atoms with Gasteiger partial charge >= 0.3 is 0 Å². The second-order valence-electron chi connectivity index (χ2n) is 5.74. The monoisotopic (exact) mass is 268 g/mol. The summed E-state index contributed by atoms with van der Waals surface area (Å²) in [5, 5.41) is 3.51. The second-order valence-corrected chi connectivity index (χ2v) is 5.74. The zero-order valence-electron chi connectivity index (χ0n) is 12.2. The number of hydrogen-bond acceptors (Lipinski definition) is 3. The van der Waals surface area contributed by atoms with Gasteiger partial charge in [-0.25, -0.2) is 0 Å². The Morgan fingerprint density at radius 3 is 2.95 bits per heavy atom. The Bertz CT molecular complexity index is 275. The van der Waals surface area contributed by atoms with E-state index >= 15 is 0 Å². The first-order chi connectivity index (χ1) is 9.29. The van der Waals surface area contributed by atoms with Crippen LogP contribution in [0.3, 0.4) is 0 Å². The van der Waals surface area contributed by atoms with Gasteiger partial charge in [-0.15, -0.1) is 0 Å². The van der Waals surface area contributed by atoms with E-state index in [4.69, 9.17) is 4.74 Å². The van der Waals surface area contributed by atoms with E-state index in [9.17, 15) is 4.79 Å². The van der Waals surface area contributed by atoms with Crippen LogP contribution in [0.1, 0.15) is 51.9 Å². The lowest BCUT2D eigenvalue weighted by Gasteiger charge is -2.33. The van der Waals surface area contributed by atoms with Gasteiger partial charge in [-0.1, -0.05) is 6.42 Å². The molecule has 0 aromatic rings. The van der Waals surface area contributed by atoms with Crippen molar-refractivity contribution in [2.45, 2.75) is 64.0 Å². The fourth-order valence-corrected chi connectivity index (χ4v) is 3.16. The summed E-state index contributed by atoms with van der Waals surface area (Å²) in [6.07, 6.45) is 7.95. The van der Waals surface area contributed by atoms with Crippen LogP contribution in [0.4, 0.5) is 0 Å². The molecular weight excluding hydrogens is 240 g/mol. The van der Waals surface area contributed by atoms with Gasteiger partial charge in [0.25, 0.3) is 0 Å². The van der Waals surface area contributed by atoms with E-state index in [2.05, 4.69) is 5.32 Å². The minimum Gasteiger partial charge on any atom is -0.377 e. The first-order valence-electron chi connectivity index (χ1n) is 7.92. The van der Waals surface area contributed by atoms with Crippen molar-refractivity contribution in [2.75, 3.05) is 26.2 Å². The summed E-state index contributed by atoms with van der Waals surface area (Å²) >= 11 is 0. The van der Waals surface area contributed by atoms with Crippen LogP contribution in [0, 0.1) is 0 Å².